The smallest absolute Gasteiger partial charge is 0.257 e. The molecule has 0 heterocycles. The number of anilines is 1. The Balaban J connectivity index is 2.36. The van der Waals surface area contributed by atoms with E-state index in [0.29, 0.717) is 0 Å². The van der Waals surface area contributed by atoms with E-state index in [2.05, 4.69) is 5.32 Å². The summed E-state index contributed by atoms with van der Waals surface area (Å²) >= 11 is 11.7. The minimum absolute atomic E-state index is 0.0774. The fraction of sp³-hybridized carbons (Fsp3) is 0. The van der Waals surface area contributed by atoms with Crippen molar-refractivity contribution in [1.82, 2.24) is 0 Å². The Hall–Kier alpha value is -2.09. The van der Waals surface area contributed by atoms with E-state index >= 15 is 0 Å². The standard InChI is InChI=1S/C14H7Cl2FN2O/c15-10-4-1-3-8(13(10)16)14(20)19-12-6-2-5-11(17)9(12)7-18/h1-6H,(H,19,20). The zero-order chi connectivity index (χ0) is 14.7. The molecule has 1 N–H and O–H groups in total. The number of amides is 1. The van der Waals surface area contributed by atoms with Gasteiger partial charge in [0, 0.05) is 0 Å². The molecular weight excluding hydrogens is 302 g/mol. The van der Waals surface area contributed by atoms with E-state index in [-0.39, 0.29) is 26.9 Å². The summed E-state index contributed by atoms with van der Waals surface area (Å²) < 4.78 is 13.4. The van der Waals surface area contributed by atoms with Gasteiger partial charge in [0.1, 0.15) is 17.4 Å². The Labute approximate surface area is 124 Å². The molecule has 0 aliphatic carbocycles. The molecule has 6 heteroatoms. The zero-order valence-corrected chi connectivity index (χ0v) is 11.5. The average molecular weight is 309 g/mol. The van der Waals surface area contributed by atoms with Gasteiger partial charge in [-0.2, -0.15) is 5.26 Å². The number of rotatable bonds is 2. The Morgan fingerprint density at radius 1 is 1.20 bits per heavy atom. The van der Waals surface area contributed by atoms with Gasteiger partial charge in [-0.25, -0.2) is 4.39 Å². The van der Waals surface area contributed by atoms with E-state index in [1.807, 2.05) is 0 Å². The molecule has 1 amide bonds. The molecule has 0 fully saturated rings. The van der Waals surface area contributed by atoms with Crippen LogP contribution in [0.15, 0.2) is 36.4 Å². The molecule has 0 aliphatic heterocycles. The minimum Gasteiger partial charge on any atom is -0.321 e. The van der Waals surface area contributed by atoms with E-state index in [1.54, 1.807) is 18.2 Å². The number of hydrogen-bond donors (Lipinski definition) is 1. The third-order valence-corrected chi connectivity index (χ3v) is 3.39. The maximum absolute atomic E-state index is 13.4. The second-order valence-electron chi connectivity index (χ2n) is 3.83. The first kappa shape index (κ1) is 14.3. The van der Waals surface area contributed by atoms with Crippen LogP contribution in [0.1, 0.15) is 15.9 Å². The van der Waals surface area contributed by atoms with Gasteiger partial charge in [0.2, 0.25) is 0 Å². The molecule has 0 aliphatic rings. The maximum atomic E-state index is 13.4. The molecule has 2 aromatic carbocycles. The number of nitrogens with one attached hydrogen (secondary N) is 1. The summed E-state index contributed by atoms with van der Waals surface area (Å²) in [6, 6.07) is 10.3. The van der Waals surface area contributed by atoms with Gasteiger partial charge in [-0.05, 0) is 24.3 Å². The van der Waals surface area contributed by atoms with Crippen LogP contribution in [0.5, 0.6) is 0 Å². The maximum Gasteiger partial charge on any atom is 0.257 e. The lowest BCUT2D eigenvalue weighted by atomic mass is 10.1. The molecule has 0 aromatic heterocycles. The lowest BCUT2D eigenvalue weighted by Crippen LogP contribution is -2.14. The van der Waals surface area contributed by atoms with Gasteiger partial charge in [-0.1, -0.05) is 35.3 Å². The van der Waals surface area contributed by atoms with E-state index in [1.165, 1.54) is 18.2 Å². The van der Waals surface area contributed by atoms with Crippen LogP contribution in [-0.2, 0) is 0 Å². The summed E-state index contributed by atoms with van der Waals surface area (Å²) in [7, 11) is 0. The monoisotopic (exact) mass is 308 g/mol. The van der Waals surface area contributed by atoms with E-state index < -0.39 is 11.7 Å². The average Bonchev–Trinajstić information content (AvgIpc) is 2.42. The van der Waals surface area contributed by atoms with Gasteiger partial charge in [0.15, 0.2) is 0 Å². The largest absolute Gasteiger partial charge is 0.321 e. The van der Waals surface area contributed by atoms with E-state index in [4.69, 9.17) is 28.5 Å². The van der Waals surface area contributed by atoms with Crippen LogP contribution in [0.4, 0.5) is 10.1 Å². The van der Waals surface area contributed by atoms with Crippen molar-refractivity contribution in [2.75, 3.05) is 5.32 Å². The van der Waals surface area contributed by atoms with E-state index in [0.717, 1.165) is 6.07 Å². The first-order valence-corrected chi connectivity index (χ1v) is 6.24. The second-order valence-corrected chi connectivity index (χ2v) is 4.61. The molecule has 0 radical (unpaired) electrons. The first-order valence-electron chi connectivity index (χ1n) is 5.48. The van der Waals surface area contributed by atoms with Crippen molar-refractivity contribution in [1.29, 1.82) is 5.26 Å². The molecule has 0 saturated heterocycles. The van der Waals surface area contributed by atoms with Crippen molar-refractivity contribution in [3.8, 4) is 6.07 Å². The quantitative estimate of drug-likeness (QED) is 0.901. The SMILES string of the molecule is N#Cc1c(F)cccc1NC(=O)c1cccc(Cl)c1Cl. The number of hydrogen-bond acceptors (Lipinski definition) is 2. The number of nitrogens with zero attached hydrogens (tertiary/aromatic N) is 1. The van der Waals surface area contributed by atoms with Crippen molar-refractivity contribution in [2.45, 2.75) is 0 Å². The lowest BCUT2D eigenvalue weighted by molar-refractivity contribution is 0.102. The fourth-order valence-electron chi connectivity index (χ4n) is 1.61. The molecule has 0 unspecified atom stereocenters. The molecule has 100 valence electrons. The Morgan fingerprint density at radius 3 is 2.60 bits per heavy atom. The third kappa shape index (κ3) is 2.74. The third-order valence-electron chi connectivity index (χ3n) is 2.57. The highest BCUT2D eigenvalue weighted by molar-refractivity contribution is 6.44. The van der Waals surface area contributed by atoms with Crippen LogP contribution in [0, 0.1) is 17.1 Å². The molecule has 2 aromatic rings. The molecule has 0 spiro atoms. The van der Waals surface area contributed by atoms with Gasteiger partial charge in [0.05, 0.1) is 21.3 Å². The summed E-state index contributed by atoms with van der Waals surface area (Å²) in [6.45, 7) is 0. The highest BCUT2D eigenvalue weighted by Crippen LogP contribution is 2.27. The summed E-state index contributed by atoms with van der Waals surface area (Å²) in [6.07, 6.45) is 0. The van der Waals surface area contributed by atoms with Crippen LogP contribution in [0.25, 0.3) is 0 Å². The van der Waals surface area contributed by atoms with Crippen molar-refractivity contribution >= 4 is 34.8 Å². The summed E-state index contributed by atoms with van der Waals surface area (Å²) in [5.74, 6) is -1.28. The van der Waals surface area contributed by atoms with Gasteiger partial charge < -0.3 is 5.32 Å². The predicted molar refractivity (Wildman–Crippen MR) is 75.5 cm³/mol. The molecular formula is C14H7Cl2FN2O. The molecule has 0 saturated carbocycles. The van der Waals surface area contributed by atoms with Crippen LogP contribution >= 0.6 is 23.2 Å². The Bertz CT molecular complexity index is 726. The number of halogens is 3. The first-order chi connectivity index (χ1) is 9.54. The van der Waals surface area contributed by atoms with Crippen molar-refractivity contribution in [3.63, 3.8) is 0 Å². The lowest BCUT2D eigenvalue weighted by Gasteiger charge is -2.09. The number of benzene rings is 2. The topological polar surface area (TPSA) is 52.9 Å². The number of carbonyl (C=O) groups is 1. The van der Waals surface area contributed by atoms with Gasteiger partial charge in [0.25, 0.3) is 5.91 Å². The van der Waals surface area contributed by atoms with Crippen LogP contribution in [0.3, 0.4) is 0 Å². The molecule has 0 bridgehead atoms. The fourth-order valence-corrected chi connectivity index (χ4v) is 2.00. The molecule has 0 atom stereocenters. The van der Waals surface area contributed by atoms with Crippen molar-refractivity contribution in [2.24, 2.45) is 0 Å². The normalized spacial score (nSPS) is 9.90. The molecule has 2 rings (SSSR count). The predicted octanol–water partition coefficient (Wildman–Crippen LogP) is 4.26. The van der Waals surface area contributed by atoms with Crippen LogP contribution < -0.4 is 5.32 Å². The number of nitriles is 1. The summed E-state index contributed by atoms with van der Waals surface area (Å²) in [5, 5.41) is 11.7. The van der Waals surface area contributed by atoms with Crippen molar-refractivity contribution < 1.29 is 9.18 Å². The van der Waals surface area contributed by atoms with Gasteiger partial charge in [-0.15, -0.1) is 0 Å². The van der Waals surface area contributed by atoms with Crippen LogP contribution in [0.2, 0.25) is 10.0 Å². The Kier molecular flexibility index (Phi) is 4.23. The van der Waals surface area contributed by atoms with Gasteiger partial charge >= 0.3 is 0 Å². The van der Waals surface area contributed by atoms with Crippen LogP contribution in [-0.4, -0.2) is 5.91 Å². The van der Waals surface area contributed by atoms with E-state index in [9.17, 15) is 9.18 Å². The highest BCUT2D eigenvalue weighted by Gasteiger charge is 2.15. The highest BCUT2D eigenvalue weighted by atomic mass is 35.5. The Morgan fingerprint density at radius 2 is 1.90 bits per heavy atom. The van der Waals surface area contributed by atoms with Gasteiger partial charge in [-0.3, -0.25) is 4.79 Å². The minimum atomic E-state index is -0.706. The molecule has 20 heavy (non-hydrogen) atoms. The molecule has 3 nitrogen and oxygen atoms in total. The summed E-state index contributed by atoms with van der Waals surface area (Å²) in [5.41, 5.74) is -0.0140. The second kappa shape index (κ2) is 5.91. The number of carbonyl (C=O) groups excluding carboxylic acids is 1. The summed E-state index contributed by atoms with van der Waals surface area (Å²) in [4.78, 5) is 12.1. The van der Waals surface area contributed by atoms with Crippen molar-refractivity contribution in [3.05, 3.63) is 63.4 Å². The zero-order valence-electron chi connectivity index (χ0n) is 9.95.